The highest BCUT2D eigenvalue weighted by Gasteiger charge is 2.19. The number of rotatable bonds is 5. The number of carbonyl (C=O) groups is 1. The highest BCUT2D eigenvalue weighted by Crippen LogP contribution is 2.19. The summed E-state index contributed by atoms with van der Waals surface area (Å²) in [6, 6.07) is 13.6. The van der Waals surface area contributed by atoms with Crippen LogP contribution in [0.2, 0.25) is 5.02 Å². The Morgan fingerprint density at radius 3 is 2.59 bits per heavy atom. The normalized spacial score (nSPS) is 15.9. The van der Waals surface area contributed by atoms with Crippen LogP contribution in [0.1, 0.15) is 5.56 Å². The van der Waals surface area contributed by atoms with E-state index in [-0.39, 0.29) is 5.91 Å². The summed E-state index contributed by atoms with van der Waals surface area (Å²) in [5.74, 6) is -0.00269. The highest BCUT2D eigenvalue weighted by molar-refractivity contribution is 7.00. The molecule has 1 aliphatic rings. The number of fused-ring (bicyclic) bond motifs is 1. The second-order valence-electron chi connectivity index (χ2n) is 6.66. The van der Waals surface area contributed by atoms with Gasteiger partial charge in [0.1, 0.15) is 11.0 Å². The highest BCUT2D eigenvalue weighted by atomic mass is 35.5. The van der Waals surface area contributed by atoms with E-state index in [0.717, 1.165) is 60.0 Å². The van der Waals surface area contributed by atoms with Gasteiger partial charge >= 0.3 is 0 Å². The third-order valence-electron chi connectivity index (χ3n) is 4.72. The first-order valence-corrected chi connectivity index (χ1v) is 9.98. The molecule has 1 N–H and O–H groups in total. The molecule has 1 fully saturated rings. The first-order chi connectivity index (χ1) is 13.2. The van der Waals surface area contributed by atoms with Crippen LogP contribution >= 0.6 is 23.3 Å². The third kappa shape index (κ3) is 4.62. The van der Waals surface area contributed by atoms with Gasteiger partial charge in [0, 0.05) is 43.4 Å². The van der Waals surface area contributed by atoms with Crippen molar-refractivity contribution < 1.29 is 4.79 Å². The monoisotopic (exact) mass is 401 g/mol. The number of piperazine rings is 1. The number of hydrogen-bond donors (Lipinski definition) is 1. The fraction of sp³-hybridized carbons (Fsp3) is 0.316. The summed E-state index contributed by atoms with van der Waals surface area (Å²) < 4.78 is 8.38. The van der Waals surface area contributed by atoms with Gasteiger partial charge in [-0.3, -0.25) is 14.6 Å². The van der Waals surface area contributed by atoms with E-state index in [4.69, 9.17) is 11.6 Å². The number of anilines is 1. The molecule has 3 aromatic rings. The molecule has 2 heterocycles. The molecule has 0 bridgehead atoms. The van der Waals surface area contributed by atoms with E-state index in [2.05, 4.69) is 29.9 Å². The van der Waals surface area contributed by atoms with Gasteiger partial charge in [0.05, 0.1) is 18.3 Å². The van der Waals surface area contributed by atoms with E-state index >= 15 is 0 Å². The van der Waals surface area contributed by atoms with Gasteiger partial charge in [0.15, 0.2) is 0 Å². The van der Waals surface area contributed by atoms with Gasteiger partial charge in [-0.2, -0.15) is 8.75 Å². The van der Waals surface area contributed by atoms with Crippen LogP contribution in [0.3, 0.4) is 0 Å². The Hall–Kier alpha value is -2.06. The third-order valence-corrected chi connectivity index (χ3v) is 5.65. The van der Waals surface area contributed by atoms with Crippen molar-refractivity contribution in [3.63, 3.8) is 0 Å². The zero-order chi connectivity index (χ0) is 18.6. The van der Waals surface area contributed by atoms with E-state index < -0.39 is 0 Å². The minimum absolute atomic E-state index is 0.00269. The fourth-order valence-corrected chi connectivity index (χ4v) is 3.95. The maximum atomic E-state index is 12.4. The van der Waals surface area contributed by atoms with Gasteiger partial charge in [0.25, 0.3) is 0 Å². The molecule has 1 saturated heterocycles. The van der Waals surface area contributed by atoms with E-state index in [1.165, 1.54) is 11.7 Å². The summed E-state index contributed by atoms with van der Waals surface area (Å²) in [5, 5.41) is 3.77. The van der Waals surface area contributed by atoms with Gasteiger partial charge in [-0.25, -0.2) is 0 Å². The van der Waals surface area contributed by atoms with E-state index in [9.17, 15) is 4.79 Å². The van der Waals surface area contributed by atoms with Crippen molar-refractivity contribution >= 4 is 46.0 Å². The van der Waals surface area contributed by atoms with Crippen molar-refractivity contribution in [3.05, 3.63) is 53.1 Å². The van der Waals surface area contributed by atoms with Crippen molar-refractivity contribution in [1.82, 2.24) is 18.5 Å². The summed E-state index contributed by atoms with van der Waals surface area (Å²) in [6.07, 6.45) is 0. The lowest BCUT2D eigenvalue weighted by Gasteiger charge is -2.34. The van der Waals surface area contributed by atoms with Gasteiger partial charge in [-0.05, 0) is 29.8 Å². The quantitative estimate of drug-likeness (QED) is 0.711. The van der Waals surface area contributed by atoms with Gasteiger partial charge in [-0.15, -0.1) is 0 Å². The number of amides is 1. The molecule has 8 heteroatoms. The molecule has 0 unspecified atom stereocenters. The van der Waals surface area contributed by atoms with Crippen LogP contribution in [-0.2, 0) is 11.3 Å². The van der Waals surface area contributed by atoms with Crippen LogP contribution in [0.4, 0.5) is 5.69 Å². The summed E-state index contributed by atoms with van der Waals surface area (Å²) in [4.78, 5) is 16.9. The van der Waals surface area contributed by atoms with Crippen LogP contribution in [0.5, 0.6) is 0 Å². The van der Waals surface area contributed by atoms with E-state index in [0.29, 0.717) is 6.54 Å². The molecule has 0 spiro atoms. The minimum atomic E-state index is -0.00269. The molecule has 1 aliphatic heterocycles. The predicted molar refractivity (Wildman–Crippen MR) is 109 cm³/mol. The largest absolute Gasteiger partial charge is 0.325 e. The lowest BCUT2D eigenvalue weighted by molar-refractivity contribution is -0.117. The average Bonchev–Trinajstić information content (AvgIpc) is 3.13. The average molecular weight is 402 g/mol. The van der Waals surface area contributed by atoms with Crippen LogP contribution < -0.4 is 5.32 Å². The number of carbonyl (C=O) groups excluding carboxylic acids is 1. The Bertz CT molecular complexity index is 939. The van der Waals surface area contributed by atoms with Crippen molar-refractivity contribution in [3.8, 4) is 0 Å². The first kappa shape index (κ1) is 18.3. The zero-order valence-corrected chi connectivity index (χ0v) is 16.3. The fourth-order valence-electron chi connectivity index (χ4n) is 3.24. The SMILES string of the molecule is O=C(CN1CCN(Cc2ccccc2Cl)CC1)Nc1ccc2nsnc2c1. The van der Waals surface area contributed by atoms with Crippen LogP contribution in [-0.4, -0.2) is 57.2 Å². The Morgan fingerprint density at radius 1 is 1.04 bits per heavy atom. The maximum absolute atomic E-state index is 12.4. The lowest BCUT2D eigenvalue weighted by Crippen LogP contribution is -2.48. The Balaban J connectivity index is 1.26. The maximum Gasteiger partial charge on any atom is 0.238 e. The number of nitrogens with zero attached hydrogens (tertiary/aromatic N) is 4. The number of benzene rings is 2. The minimum Gasteiger partial charge on any atom is -0.325 e. The smallest absolute Gasteiger partial charge is 0.238 e. The van der Waals surface area contributed by atoms with Gasteiger partial charge < -0.3 is 5.32 Å². The molecule has 0 radical (unpaired) electrons. The number of halogens is 1. The van der Waals surface area contributed by atoms with E-state index in [1.807, 2.05) is 36.4 Å². The summed E-state index contributed by atoms with van der Waals surface area (Å²) in [6.45, 7) is 4.83. The molecular formula is C19H20ClN5OS. The molecule has 0 saturated carbocycles. The topological polar surface area (TPSA) is 61.4 Å². The molecular weight excluding hydrogens is 382 g/mol. The number of hydrogen-bond acceptors (Lipinski definition) is 6. The molecule has 27 heavy (non-hydrogen) atoms. The first-order valence-electron chi connectivity index (χ1n) is 8.88. The van der Waals surface area contributed by atoms with Gasteiger partial charge in [-0.1, -0.05) is 29.8 Å². The Kier molecular flexibility index (Phi) is 5.63. The predicted octanol–water partition coefficient (Wildman–Crippen LogP) is 3.10. The van der Waals surface area contributed by atoms with Crippen LogP contribution in [0.15, 0.2) is 42.5 Å². The Morgan fingerprint density at radius 2 is 1.78 bits per heavy atom. The molecule has 0 aliphatic carbocycles. The van der Waals surface area contributed by atoms with Crippen molar-refractivity contribution in [2.75, 3.05) is 38.0 Å². The number of aromatic nitrogens is 2. The summed E-state index contributed by atoms with van der Waals surface area (Å²) in [7, 11) is 0. The van der Waals surface area contributed by atoms with Gasteiger partial charge in [0.2, 0.25) is 5.91 Å². The Labute approximate surface area is 167 Å². The molecule has 0 atom stereocenters. The van der Waals surface area contributed by atoms with Crippen molar-refractivity contribution in [2.24, 2.45) is 0 Å². The number of nitrogens with one attached hydrogen (secondary N) is 1. The van der Waals surface area contributed by atoms with Crippen molar-refractivity contribution in [2.45, 2.75) is 6.54 Å². The van der Waals surface area contributed by atoms with Crippen LogP contribution in [0, 0.1) is 0 Å². The molecule has 1 amide bonds. The molecule has 1 aromatic heterocycles. The lowest BCUT2D eigenvalue weighted by atomic mass is 10.2. The molecule has 2 aromatic carbocycles. The second kappa shape index (κ2) is 8.31. The molecule has 140 valence electrons. The van der Waals surface area contributed by atoms with E-state index in [1.54, 1.807) is 0 Å². The zero-order valence-electron chi connectivity index (χ0n) is 14.8. The standard InChI is InChI=1S/C19H20ClN5OS/c20-16-4-2-1-3-14(16)12-24-7-9-25(10-8-24)13-19(26)21-15-5-6-17-18(11-15)23-27-22-17/h1-6,11H,7-10,12-13H2,(H,21,26). The summed E-state index contributed by atoms with van der Waals surface area (Å²) >= 11 is 7.43. The molecule has 6 nitrogen and oxygen atoms in total. The molecule has 4 rings (SSSR count). The van der Waals surface area contributed by atoms with Crippen LogP contribution in [0.25, 0.3) is 11.0 Å². The second-order valence-corrected chi connectivity index (χ2v) is 7.60. The van der Waals surface area contributed by atoms with Crippen molar-refractivity contribution in [1.29, 1.82) is 0 Å². The summed E-state index contributed by atoms with van der Waals surface area (Å²) in [5.41, 5.74) is 3.58.